The molecule has 5 rings (SSSR count). The van der Waals surface area contributed by atoms with E-state index in [4.69, 9.17) is 23.4 Å². The second kappa shape index (κ2) is 12.2. The zero-order valence-electron chi connectivity index (χ0n) is 24.0. The molecule has 15 heteroatoms. The highest BCUT2D eigenvalue weighted by Crippen LogP contribution is 2.31. The van der Waals surface area contributed by atoms with E-state index in [0.29, 0.717) is 58.4 Å². The van der Waals surface area contributed by atoms with Gasteiger partial charge in [0.25, 0.3) is 10.1 Å². The average Bonchev–Trinajstić information content (AvgIpc) is 3.42. The normalized spacial score (nSPS) is 12.8. The number of ether oxygens (including phenoxy) is 3. The van der Waals surface area contributed by atoms with Gasteiger partial charge in [-0.05, 0) is 55.5 Å². The quantitative estimate of drug-likeness (QED) is 0.193. The van der Waals surface area contributed by atoms with Crippen LogP contribution >= 0.6 is 0 Å². The van der Waals surface area contributed by atoms with Gasteiger partial charge in [-0.3, -0.25) is 4.18 Å². The second-order valence-electron chi connectivity index (χ2n) is 9.67. The molecule has 0 saturated heterocycles. The molecule has 11 nitrogen and oxygen atoms in total. The largest absolute Gasteiger partial charge is 0.497 e. The van der Waals surface area contributed by atoms with Crippen LogP contribution in [0.4, 0.5) is 19.1 Å². The van der Waals surface area contributed by atoms with Crippen molar-refractivity contribution < 1.29 is 40.0 Å². The standard InChI is InChI=1S/C29H28F3N5O6S/c1-17(43-44(38,39)21-12-9-19(10-13-21)29(30,31)32)14-25-34-27-22-6-5-7-23(41-3)26(22)35-28(37(27)36-25)33-16-18-8-11-20(40-2)15-24(18)42-4/h5-13,15,17H,14,16H2,1-4H3,(H,33,35)/t17-/m0/s1. The van der Waals surface area contributed by atoms with E-state index in [-0.39, 0.29) is 12.2 Å². The number of fused-ring (bicyclic) bond motifs is 3. The number of methoxy groups -OCH3 is 3. The molecule has 44 heavy (non-hydrogen) atoms. The van der Waals surface area contributed by atoms with E-state index >= 15 is 0 Å². The lowest BCUT2D eigenvalue weighted by atomic mass is 10.2. The highest BCUT2D eigenvalue weighted by Gasteiger charge is 2.31. The molecular formula is C29H28F3N5O6S. The molecule has 0 saturated carbocycles. The minimum atomic E-state index is -4.59. The predicted molar refractivity (Wildman–Crippen MR) is 155 cm³/mol. The number of benzene rings is 3. The number of rotatable bonds is 11. The Morgan fingerprint density at radius 3 is 2.32 bits per heavy atom. The van der Waals surface area contributed by atoms with Crippen molar-refractivity contribution in [3.05, 3.63) is 77.6 Å². The van der Waals surface area contributed by atoms with E-state index in [2.05, 4.69) is 15.4 Å². The van der Waals surface area contributed by atoms with Crippen molar-refractivity contribution in [3.63, 3.8) is 0 Å². The number of hydrogen-bond acceptors (Lipinski definition) is 10. The molecule has 1 atom stereocenters. The molecule has 0 aliphatic carbocycles. The van der Waals surface area contributed by atoms with E-state index in [9.17, 15) is 21.6 Å². The van der Waals surface area contributed by atoms with Crippen molar-refractivity contribution >= 4 is 32.6 Å². The summed E-state index contributed by atoms with van der Waals surface area (Å²) in [4.78, 5) is 8.99. The summed E-state index contributed by atoms with van der Waals surface area (Å²) in [5, 5.41) is 8.48. The molecule has 0 aliphatic rings. The van der Waals surface area contributed by atoms with Crippen molar-refractivity contribution in [1.82, 2.24) is 19.6 Å². The molecule has 232 valence electrons. The van der Waals surface area contributed by atoms with Crippen LogP contribution in [-0.4, -0.2) is 55.4 Å². The highest BCUT2D eigenvalue weighted by atomic mass is 32.2. The summed E-state index contributed by atoms with van der Waals surface area (Å²) in [6, 6.07) is 13.9. The van der Waals surface area contributed by atoms with Crippen molar-refractivity contribution in [2.24, 2.45) is 0 Å². The van der Waals surface area contributed by atoms with E-state index in [1.807, 2.05) is 12.1 Å². The molecule has 2 heterocycles. The summed E-state index contributed by atoms with van der Waals surface area (Å²) in [7, 11) is 0.282. The number of alkyl halides is 3. The molecule has 0 fully saturated rings. The molecule has 0 spiro atoms. The Hall–Kier alpha value is -4.63. The summed E-state index contributed by atoms with van der Waals surface area (Å²) in [5.41, 5.74) is 0.815. The maximum atomic E-state index is 12.9. The Balaban J connectivity index is 1.44. The summed E-state index contributed by atoms with van der Waals surface area (Å²) >= 11 is 0. The van der Waals surface area contributed by atoms with Crippen molar-refractivity contribution in [2.75, 3.05) is 26.6 Å². The van der Waals surface area contributed by atoms with Crippen LogP contribution in [0.15, 0.2) is 65.6 Å². The maximum Gasteiger partial charge on any atom is 0.416 e. The van der Waals surface area contributed by atoms with Crippen molar-refractivity contribution in [2.45, 2.75) is 37.1 Å². The molecule has 0 aliphatic heterocycles. The van der Waals surface area contributed by atoms with Crippen LogP contribution in [0.25, 0.3) is 16.6 Å². The van der Waals surface area contributed by atoms with Gasteiger partial charge >= 0.3 is 6.18 Å². The molecule has 0 radical (unpaired) electrons. The van der Waals surface area contributed by atoms with E-state index < -0.39 is 32.9 Å². The van der Waals surface area contributed by atoms with E-state index in [1.54, 1.807) is 38.5 Å². The number of halogens is 3. The molecular weight excluding hydrogens is 603 g/mol. The van der Waals surface area contributed by atoms with Gasteiger partial charge in [0.15, 0.2) is 11.5 Å². The number of aromatic nitrogens is 4. The first-order chi connectivity index (χ1) is 20.9. The SMILES string of the molecule is COc1ccc(CNc2nc3c(OC)cccc3c3nc(C[C@H](C)OS(=O)(=O)c4ccc(C(F)(F)F)cc4)nn23)c(OC)c1. The highest BCUT2D eigenvalue weighted by molar-refractivity contribution is 7.86. The fourth-order valence-corrected chi connectivity index (χ4v) is 5.64. The van der Waals surface area contributed by atoms with E-state index in [0.717, 1.165) is 17.7 Å². The van der Waals surface area contributed by atoms with Crippen LogP contribution < -0.4 is 19.5 Å². The summed E-state index contributed by atoms with van der Waals surface area (Å²) in [5.74, 6) is 2.34. The maximum absolute atomic E-state index is 12.9. The summed E-state index contributed by atoms with van der Waals surface area (Å²) in [6.45, 7) is 1.80. The summed E-state index contributed by atoms with van der Waals surface area (Å²) < 4.78 is 87.3. The monoisotopic (exact) mass is 631 g/mol. The lowest BCUT2D eigenvalue weighted by Gasteiger charge is -2.13. The third-order valence-corrected chi connectivity index (χ3v) is 8.12. The first-order valence-corrected chi connectivity index (χ1v) is 14.6. The van der Waals surface area contributed by atoms with Gasteiger partial charge in [0.05, 0.1) is 37.9 Å². The van der Waals surface area contributed by atoms with Gasteiger partial charge in [-0.1, -0.05) is 6.07 Å². The van der Waals surface area contributed by atoms with Gasteiger partial charge in [0.1, 0.15) is 22.8 Å². The van der Waals surface area contributed by atoms with Crippen LogP contribution in [-0.2, 0) is 33.4 Å². The molecule has 0 unspecified atom stereocenters. The lowest BCUT2D eigenvalue weighted by Crippen LogP contribution is -2.19. The molecule has 5 aromatic rings. The fraction of sp³-hybridized carbons (Fsp3) is 0.276. The van der Waals surface area contributed by atoms with Gasteiger partial charge in [-0.25, -0.2) is 9.97 Å². The molecule has 0 amide bonds. The van der Waals surface area contributed by atoms with Gasteiger partial charge < -0.3 is 19.5 Å². The van der Waals surface area contributed by atoms with Gasteiger partial charge in [0, 0.05) is 30.0 Å². The van der Waals surface area contributed by atoms with Crippen LogP contribution in [0, 0.1) is 0 Å². The van der Waals surface area contributed by atoms with Gasteiger partial charge in [-0.15, -0.1) is 5.10 Å². The number of hydrogen-bond donors (Lipinski definition) is 1. The topological polar surface area (TPSA) is 126 Å². The average molecular weight is 632 g/mol. The number of nitrogens with zero attached hydrogens (tertiary/aromatic N) is 4. The third-order valence-electron chi connectivity index (χ3n) is 6.69. The van der Waals surface area contributed by atoms with Crippen LogP contribution in [0.3, 0.4) is 0 Å². The Morgan fingerprint density at radius 2 is 1.66 bits per heavy atom. The third kappa shape index (κ3) is 6.33. The van der Waals surface area contributed by atoms with Gasteiger partial charge in [0.2, 0.25) is 5.95 Å². The van der Waals surface area contributed by atoms with Crippen LogP contribution in [0.5, 0.6) is 17.2 Å². The van der Waals surface area contributed by atoms with Gasteiger partial charge in [-0.2, -0.15) is 26.1 Å². The molecule has 0 bridgehead atoms. The zero-order chi connectivity index (χ0) is 31.6. The minimum absolute atomic E-state index is 0.0290. The summed E-state index contributed by atoms with van der Waals surface area (Å²) in [6.07, 6.45) is -5.57. The number of para-hydroxylation sites is 1. The molecule has 2 aromatic heterocycles. The van der Waals surface area contributed by atoms with Crippen LogP contribution in [0.1, 0.15) is 23.9 Å². The fourth-order valence-electron chi connectivity index (χ4n) is 4.56. The van der Waals surface area contributed by atoms with Crippen molar-refractivity contribution in [1.29, 1.82) is 0 Å². The van der Waals surface area contributed by atoms with Crippen LogP contribution in [0.2, 0.25) is 0 Å². The Labute approximate surface area is 250 Å². The molecule has 1 N–H and O–H groups in total. The number of anilines is 1. The Morgan fingerprint density at radius 1 is 0.932 bits per heavy atom. The zero-order valence-corrected chi connectivity index (χ0v) is 24.9. The molecule has 3 aromatic carbocycles. The Bertz CT molecular complexity index is 1910. The van der Waals surface area contributed by atoms with Crippen molar-refractivity contribution in [3.8, 4) is 17.2 Å². The number of nitrogens with one attached hydrogen (secondary N) is 1. The first kappa shape index (κ1) is 30.8. The lowest BCUT2D eigenvalue weighted by molar-refractivity contribution is -0.137. The predicted octanol–water partition coefficient (Wildman–Crippen LogP) is 5.27. The first-order valence-electron chi connectivity index (χ1n) is 13.2. The minimum Gasteiger partial charge on any atom is -0.497 e. The van der Waals surface area contributed by atoms with E-state index in [1.165, 1.54) is 18.5 Å². The second-order valence-corrected chi connectivity index (χ2v) is 11.2. The Kier molecular flexibility index (Phi) is 8.52. The smallest absolute Gasteiger partial charge is 0.416 e.